The third kappa shape index (κ3) is 3.74. The third-order valence-electron chi connectivity index (χ3n) is 6.03. The van der Waals surface area contributed by atoms with Gasteiger partial charge in [0.05, 0.1) is 0 Å². The van der Waals surface area contributed by atoms with Gasteiger partial charge in [0.2, 0.25) is 0 Å². The van der Waals surface area contributed by atoms with Crippen LogP contribution in [0.3, 0.4) is 0 Å². The van der Waals surface area contributed by atoms with Crippen molar-refractivity contribution in [3.63, 3.8) is 0 Å². The van der Waals surface area contributed by atoms with E-state index in [0.717, 1.165) is 22.3 Å². The molecule has 4 aromatic carbocycles. The summed E-state index contributed by atoms with van der Waals surface area (Å²) >= 11 is 0. The van der Waals surface area contributed by atoms with Gasteiger partial charge in [-0.25, -0.2) is 0 Å². The Labute approximate surface area is 190 Å². The van der Waals surface area contributed by atoms with Crippen molar-refractivity contribution in [2.45, 2.75) is 12.3 Å². The first-order valence-corrected chi connectivity index (χ1v) is 10.6. The zero-order valence-corrected chi connectivity index (χ0v) is 17.6. The quantitative estimate of drug-likeness (QED) is 0.289. The first-order chi connectivity index (χ1) is 15.9. The van der Waals surface area contributed by atoms with Crippen LogP contribution in [0.5, 0.6) is 28.7 Å². The highest BCUT2D eigenvalue weighted by Crippen LogP contribution is 2.55. The molecule has 1 unspecified atom stereocenters. The van der Waals surface area contributed by atoms with E-state index >= 15 is 0 Å². The molecule has 0 saturated carbocycles. The lowest BCUT2D eigenvalue weighted by molar-refractivity contribution is 0.446. The molecule has 0 amide bonds. The van der Waals surface area contributed by atoms with E-state index in [1.54, 1.807) is 30.3 Å². The van der Waals surface area contributed by atoms with Crippen LogP contribution < -0.4 is 0 Å². The smallest absolute Gasteiger partial charge is 0.124 e. The molecule has 5 nitrogen and oxygen atoms in total. The van der Waals surface area contributed by atoms with E-state index in [0.29, 0.717) is 23.1 Å². The van der Waals surface area contributed by atoms with Crippen molar-refractivity contribution in [1.82, 2.24) is 0 Å². The molecule has 5 N–H and O–H groups in total. The standard InChI is InChI=1S/C28H22O5/c29-19-8-6-16(7-9-19)10-23-24-14-22(32)15-25(33)28(24)27(17-4-2-1-3-5-17)26(23)18-11-20(30)13-21(31)12-18/h1-9,11-15,27,29-33H,10H2. The normalized spacial score (nSPS) is 15.0. The van der Waals surface area contributed by atoms with E-state index in [2.05, 4.69) is 0 Å². The fourth-order valence-electron chi connectivity index (χ4n) is 4.72. The van der Waals surface area contributed by atoms with E-state index in [1.807, 2.05) is 42.5 Å². The van der Waals surface area contributed by atoms with Crippen molar-refractivity contribution >= 4 is 11.1 Å². The largest absolute Gasteiger partial charge is 0.508 e. The molecular weight excluding hydrogens is 416 g/mol. The maximum atomic E-state index is 10.9. The maximum absolute atomic E-state index is 10.9. The van der Waals surface area contributed by atoms with Gasteiger partial charge in [0.1, 0.15) is 28.7 Å². The van der Waals surface area contributed by atoms with E-state index in [4.69, 9.17) is 0 Å². The van der Waals surface area contributed by atoms with Crippen molar-refractivity contribution in [3.8, 4) is 28.7 Å². The van der Waals surface area contributed by atoms with Crippen molar-refractivity contribution in [1.29, 1.82) is 0 Å². The molecule has 1 aliphatic carbocycles. The first kappa shape index (κ1) is 20.5. The van der Waals surface area contributed by atoms with Crippen LogP contribution in [0.15, 0.2) is 84.9 Å². The molecular formula is C28H22O5. The van der Waals surface area contributed by atoms with Crippen molar-refractivity contribution in [2.75, 3.05) is 0 Å². The van der Waals surface area contributed by atoms with E-state index in [1.165, 1.54) is 12.1 Å². The summed E-state index contributed by atoms with van der Waals surface area (Å²) in [5, 5.41) is 51.4. The number of allylic oxidation sites excluding steroid dienone is 2. The molecule has 1 atom stereocenters. The Balaban J connectivity index is 1.82. The van der Waals surface area contributed by atoms with Crippen molar-refractivity contribution in [2.24, 2.45) is 0 Å². The monoisotopic (exact) mass is 438 g/mol. The van der Waals surface area contributed by atoms with E-state index in [-0.39, 0.29) is 34.7 Å². The van der Waals surface area contributed by atoms with Gasteiger partial charge in [-0.1, -0.05) is 42.5 Å². The van der Waals surface area contributed by atoms with Gasteiger partial charge in [-0.3, -0.25) is 0 Å². The van der Waals surface area contributed by atoms with Crippen LogP contribution in [0.25, 0.3) is 11.1 Å². The lowest BCUT2D eigenvalue weighted by Crippen LogP contribution is -2.02. The fourth-order valence-corrected chi connectivity index (χ4v) is 4.72. The zero-order chi connectivity index (χ0) is 23.1. The highest BCUT2D eigenvalue weighted by atomic mass is 16.3. The van der Waals surface area contributed by atoms with Crippen LogP contribution >= 0.6 is 0 Å². The lowest BCUT2D eigenvalue weighted by Gasteiger charge is -2.20. The molecule has 33 heavy (non-hydrogen) atoms. The summed E-state index contributed by atoms with van der Waals surface area (Å²) in [6.07, 6.45) is 0.450. The second-order valence-electron chi connectivity index (χ2n) is 8.24. The number of hydrogen-bond donors (Lipinski definition) is 5. The fraction of sp³-hybridized carbons (Fsp3) is 0.0714. The molecule has 0 aliphatic heterocycles. The molecule has 5 heteroatoms. The van der Waals surface area contributed by atoms with Gasteiger partial charge in [0.15, 0.2) is 0 Å². The van der Waals surface area contributed by atoms with Crippen LogP contribution in [0.4, 0.5) is 0 Å². The summed E-state index contributed by atoms with van der Waals surface area (Å²) in [4.78, 5) is 0. The minimum atomic E-state index is -0.380. The summed E-state index contributed by atoms with van der Waals surface area (Å²) in [5.74, 6) is -0.444. The van der Waals surface area contributed by atoms with Gasteiger partial charge in [0.25, 0.3) is 0 Å². The molecule has 164 valence electrons. The Hall–Kier alpha value is -4.38. The molecule has 0 saturated heterocycles. The van der Waals surface area contributed by atoms with E-state index in [9.17, 15) is 25.5 Å². The van der Waals surface area contributed by atoms with Gasteiger partial charge < -0.3 is 25.5 Å². The summed E-state index contributed by atoms with van der Waals surface area (Å²) in [6.45, 7) is 0. The highest BCUT2D eigenvalue weighted by Gasteiger charge is 2.36. The second kappa shape index (κ2) is 7.95. The van der Waals surface area contributed by atoms with Gasteiger partial charge in [-0.2, -0.15) is 0 Å². The van der Waals surface area contributed by atoms with E-state index < -0.39 is 0 Å². The minimum Gasteiger partial charge on any atom is -0.508 e. The van der Waals surface area contributed by atoms with Crippen molar-refractivity contribution in [3.05, 3.63) is 113 Å². The Morgan fingerprint density at radius 1 is 0.606 bits per heavy atom. The number of rotatable bonds is 4. The zero-order valence-electron chi connectivity index (χ0n) is 17.6. The topological polar surface area (TPSA) is 101 Å². The number of fused-ring (bicyclic) bond motifs is 1. The number of aromatic hydroxyl groups is 5. The molecule has 1 aliphatic rings. The molecule has 4 aromatic rings. The van der Waals surface area contributed by atoms with Gasteiger partial charge in [0, 0.05) is 23.6 Å². The Kier molecular flexibility index (Phi) is 4.94. The predicted octanol–water partition coefficient (Wildman–Crippen LogP) is 5.51. The van der Waals surface area contributed by atoms with Crippen LogP contribution in [0.1, 0.15) is 33.7 Å². The van der Waals surface area contributed by atoms with Crippen LogP contribution in [-0.2, 0) is 6.42 Å². The molecule has 0 spiro atoms. The number of phenolic OH excluding ortho intramolecular Hbond substituents is 5. The van der Waals surface area contributed by atoms with Gasteiger partial charge in [-0.15, -0.1) is 0 Å². The number of hydrogen-bond acceptors (Lipinski definition) is 5. The van der Waals surface area contributed by atoms with Crippen LogP contribution in [0, 0.1) is 0 Å². The van der Waals surface area contributed by atoms with Crippen molar-refractivity contribution < 1.29 is 25.5 Å². The third-order valence-corrected chi connectivity index (χ3v) is 6.03. The first-order valence-electron chi connectivity index (χ1n) is 10.6. The SMILES string of the molecule is Oc1ccc(CC2=C(c3cc(O)cc(O)c3)C(c3ccccc3)c3c(O)cc(O)cc32)cc1. The Morgan fingerprint density at radius 3 is 1.91 bits per heavy atom. The average molecular weight is 438 g/mol. The highest BCUT2D eigenvalue weighted by molar-refractivity contribution is 6.03. The summed E-state index contributed by atoms with van der Waals surface area (Å²) in [7, 11) is 0. The number of benzene rings is 4. The summed E-state index contributed by atoms with van der Waals surface area (Å²) in [5.41, 5.74) is 5.49. The molecule has 0 bridgehead atoms. The molecule has 0 aromatic heterocycles. The Bertz CT molecular complexity index is 1350. The average Bonchev–Trinajstić information content (AvgIpc) is 3.09. The van der Waals surface area contributed by atoms with Crippen LogP contribution in [0.2, 0.25) is 0 Å². The van der Waals surface area contributed by atoms with Crippen LogP contribution in [-0.4, -0.2) is 25.5 Å². The summed E-state index contributed by atoms with van der Waals surface area (Å²) < 4.78 is 0. The molecule has 5 rings (SSSR count). The minimum absolute atomic E-state index is 0.0264. The van der Waals surface area contributed by atoms with Gasteiger partial charge >= 0.3 is 0 Å². The lowest BCUT2D eigenvalue weighted by atomic mass is 9.84. The summed E-state index contributed by atoms with van der Waals surface area (Å²) in [6, 6.07) is 23.9. The molecule has 0 radical (unpaired) electrons. The predicted molar refractivity (Wildman–Crippen MR) is 126 cm³/mol. The maximum Gasteiger partial charge on any atom is 0.124 e. The number of phenols is 5. The Morgan fingerprint density at radius 2 is 1.24 bits per heavy atom. The van der Waals surface area contributed by atoms with Gasteiger partial charge in [-0.05, 0) is 70.2 Å². The second-order valence-corrected chi connectivity index (χ2v) is 8.24. The molecule has 0 fully saturated rings. The molecule has 0 heterocycles.